The Bertz CT molecular complexity index is 3020. The first-order valence-corrected chi connectivity index (χ1v) is 19.0. The highest BCUT2D eigenvalue weighted by Crippen LogP contribution is 2.41. The fourth-order valence-corrected chi connectivity index (χ4v) is 7.48. The molecule has 9 heteroatoms. The summed E-state index contributed by atoms with van der Waals surface area (Å²) in [5, 5.41) is 1.18. The lowest BCUT2D eigenvalue weighted by atomic mass is 10.0. The van der Waals surface area contributed by atoms with E-state index in [1.807, 2.05) is 174 Å². The third-order valence-electron chi connectivity index (χ3n) is 10.3. The van der Waals surface area contributed by atoms with Crippen molar-refractivity contribution in [1.82, 2.24) is 29.5 Å². The predicted molar refractivity (Wildman–Crippen MR) is 227 cm³/mol. The Morgan fingerprint density at radius 1 is 0.356 bits per heavy atom. The SMILES string of the molecule is FC(F)(F)c1ccc2c(c1)c1ccccc1n2-c1ccc(-c2nc(-c3ccccc3)nc(-c3ccccc3)n2)cc1-c1cc(-c2ccccc2)nc(-c2ccccc2)n1. The van der Waals surface area contributed by atoms with Gasteiger partial charge >= 0.3 is 6.18 Å². The van der Waals surface area contributed by atoms with Gasteiger partial charge in [-0.2, -0.15) is 13.2 Å². The van der Waals surface area contributed by atoms with Crippen LogP contribution in [-0.2, 0) is 6.18 Å². The molecule has 0 radical (unpaired) electrons. The number of nitrogens with zero attached hydrogens (tertiary/aromatic N) is 6. The van der Waals surface area contributed by atoms with E-state index in [-0.39, 0.29) is 0 Å². The average Bonchev–Trinajstić information content (AvgIpc) is 3.63. The third kappa shape index (κ3) is 6.78. The highest BCUT2D eigenvalue weighted by Gasteiger charge is 2.31. The summed E-state index contributed by atoms with van der Waals surface area (Å²) in [5.74, 6) is 2.00. The van der Waals surface area contributed by atoms with Crippen LogP contribution in [0.5, 0.6) is 0 Å². The van der Waals surface area contributed by atoms with Crippen molar-refractivity contribution in [2.45, 2.75) is 6.18 Å². The molecule has 0 spiro atoms. The van der Waals surface area contributed by atoms with Gasteiger partial charge in [-0.1, -0.05) is 140 Å². The number of aromatic nitrogens is 6. The number of alkyl halides is 3. The van der Waals surface area contributed by atoms with Crippen molar-refractivity contribution < 1.29 is 13.2 Å². The lowest BCUT2D eigenvalue weighted by molar-refractivity contribution is -0.137. The molecule has 3 aromatic heterocycles. The van der Waals surface area contributed by atoms with Crippen molar-refractivity contribution in [3.8, 4) is 73.8 Å². The molecule has 0 aliphatic rings. The molecule has 0 aliphatic heterocycles. The van der Waals surface area contributed by atoms with Crippen molar-refractivity contribution in [1.29, 1.82) is 0 Å². The highest BCUT2D eigenvalue weighted by atomic mass is 19.4. The van der Waals surface area contributed by atoms with Gasteiger partial charge < -0.3 is 4.57 Å². The summed E-state index contributed by atoms with van der Waals surface area (Å²) >= 11 is 0. The number of para-hydroxylation sites is 1. The van der Waals surface area contributed by atoms with Gasteiger partial charge in [-0.25, -0.2) is 24.9 Å². The van der Waals surface area contributed by atoms with Crippen molar-refractivity contribution >= 4 is 21.8 Å². The smallest absolute Gasteiger partial charge is 0.309 e. The van der Waals surface area contributed by atoms with E-state index >= 15 is 0 Å². The van der Waals surface area contributed by atoms with Crippen LogP contribution in [0.3, 0.4) is 0 Å². The lowest BCUT2D eigenvalue weighted by Crippen LogP contribution is -2.05. The number of halogens is 3. The Hall–Kier alpha value is -7.78. The molecule has 10 aromatic rings. The van der Waals surface area contributed by atoms with E-state index < -0.39 is 11.7 Å². The standard InChI is InChI=1S/C50H31F3N6/c51-50(52,53)37-26-28-44-39(30-37)38-23-13-14-24-43(38)59(44)45-27-25-36(49-57-47(34-19-9-3-10-20-34)56-48(58-49)35-21-11-4-12-22-35)29-40(45)42-31-41(32-15-5-1-6-16-32)54-46(55-42)33-17-7-2-8-18-33/h1-31H. The summed E-state index contributed by atoms with van der Waals surface area (Å²) in [6.45, 7) is 0. The van der Waals surface area contributed by atoms with Crippen molar-refractivity contribution in [3.63, 3.8) is 0 Å². The van der Waals surface area contributed by atoms with Crippen LogP contribution >= 0.6 is 0 Å². The Morgan fingerprint density at radius 3 is 1.41 bits per heavy atom. The first-order chi connectivity index (χ1) is 28.9. The topological polar surface area (TPSA) is 69.4 Å². The van der Waals surface area contributed by atoms with Crippen LogP contribution in [0, 0.1) is 0 Å². The number of fused-ring (bicyclic) bond motifs is 3. The molecular weight excluding hydrogens is 742 g/mol. The van der Waals surface area contributed by atoms with Crippen LogP contribution in [-0.4, -0.2) is 29.5 Å². The molecule has 0 bridgehead atoms. The second-order valence-corrected chi connectivity index (χ2v) is 14.0. The normalized spacial score (nSPS) is 11.6. The molecule has 10 rings (SSSR count). The second kappa shape index (κ2) is 14.6. The second-order valence-electron chi connectivity index (χ2n) is 14.0. The number of hydrogen-bond donors (Lipinski definition) is 0. The van der Waals surface area contributed by atoms with Gasteiger partial charge in [-0.15, -0.1) is 0 Å². The van der Waals surface area contributed by atoms with Gasteiger partial charge in [0, 0.05) is 44.2 Å². The van der Waals surface area contributed by atoms with Crippen molar-refractivity contribution in [2.75, 3.05) is 0 Å². The zero-order chi connectivity index (χ0) is 39.9. The van der Waals surface area contributed by atoms with E-state index in [4.69, 9.17) is 24.9 Å². The molecule has 0 aliphatic carbocycles. The summed E-state index contributed by atoms with van der Waals surface area (Å²) in [7, 11) is 0. The highest BCUT2D eigenvalue weighted by molar-refractivity contribution is 6.10. The third-order valence-corrected chi connectivity index (χ3v) is 10.3. The van der Waals surface area contributed by atoms with Gasteiger partial charge in [-0.05, 0) is 48.5 Å². The van der Waals surface area contributed by atoms with Crippen LogP contribution in [0.25, 0.3) is 95.6 Å². The molecule has 0 unspecified atom stereocenters. The van der Waals surface area contributed by atoms with Crippen LogP contribution in [0.15, 0.2) is 188 Å². The minimum Gasteiger partial charge on any atom is -0.309 e. The average molecular weight is 773 g/mol. The molecule has 3 heterocycles. The maximum atomic E-state index is 14.1. The maximum Gasteiger partial charge on any atom is 0.416 e. The first kappa shape index (κ1) is 35.6. The van der Waals surface area contributed by atoms with Crippen LogP contribution in [0.4, 0.5) is 13.2 Å². The predicted octanol–water partition coefficient (Wildman–Crippen LogP) is 12.8. The van der Waals surface area contributed by atoms with Crippen LogP contribution in [0.2, 0.25) is 0 Å². The van der Waals surface area contributed by atoms with E-state index in [0.29, 0.717) is 67.8 Å². The van der Waals surface area contributed by atoms with Crippen molar-refractivity contribution in [3.05, 3.63) is 194 Å². The molecule has 7 aromatic carbocycles. The molecule has 282 valence electrons. The quantitative estimate of drug-likeness (QED) is 0.161. The number of rotatable bonds is 7. The molecule has 0 saturated carbocycles. The van der Waals surface area contributed by atoms with Gasteiger partial charge in [-0.3, -0.25) is 0 Å². The molecule has 0 atom stereocenters. The molecular formula is C50H31F3N6. The molecule has 0 amide bonds. The summed E-state index contributed by atoms with van der Waals surface area (Å²) < 4.78 is 44.4. The molecule has 6 nitrogen and oxygen atoms in total. The van der Waals surface area contributed by atoms with Crippen LogP contribution in [0.1, 0.15) is 5.56 Å². The summed E-state index contributed by atoms with van der Waals surface area (Å²) in [4.78, 5) is 25.2. The zero-order valence-corrected chi connectivity index (χ0v) is 31.2. The summed E-state index contributed by atoms with van der Waals surface area (Å²) in [6.07, 6.45) is -4.51. The molecule has 0 fully saturated rings. The monoisotopic (exact) mass is 772 g/mol. The zero-order valence-electron chi connectivity index (χ0n) is 31.2. The van der Waals surface area contributed by atoms with Gasteiger partial charge in [0.25, 0.3) is 0 Å². The molecule has 0 saturated heterocycles. The van der Waals surface area contributed by atoms with E-state index in [1.165, 1.54) is 6.07 Å². The van der Waals surface area contributed by atoms with Crippen LogP contribution < -0.4 is 0 Å². The Morgan fingerprint density at radius 2 is 0.831 bits per heavy atom. The van der Waals surface area contributed by atoms with Gasteiger partial charge in [0.1, 0.15) is 0 Å². The summed E-state index contributed by atoms with van der Waals surface area (Å²) in [6, 6.07) is 58.5. The van der Waals surface area contributed by atoms with Gasteiger partial charge in [0.05, 0.1) is 33.7 Å². The number of benzene rings is 7. The Balaban J connectivity index is 1.27. The Kier molecular flexibility index (Phi) is 8.83. The fourth-order valence-electron chi connectivity index (χ4n) is 7.48. The van der Waals surface area contributed by atoms with Gasteiger partial charge in [0.15, 0.2) is 23.3 Å². The largest absolute Gasteiger partial charge is 0.416 e. The Labute approximate surface area is 337 Å². The number of hydrogen-bond acceptors (Lipinski definition) is 5. The first-order valence-electron chi connectivity index (χ1n) is 19.0. The minimum atomic E-state index is -4.51. The minimum absolute atomic E-state index is 0.447. The lowest BCUT2D eigenvalue weighted by Gasteiger charge is -2.17. The summed E-state index contributed by atoms with van der Waals surface area (Å²) in [5.41, 5.74) is 7.48. The van der Waals surface area contributed by atoms with E-state index in [9.17, 15) is 13.2 Å². The maximum absolute atomic E-state index is 14.1. The fraction of sp³-hybridized carbons (Fsp3) is 0.0200. The van der Waals surface area contributed by atoms with Crippen molar-refractivity contribution in [2.24, 2.45) is 0 Å². The van der Waals surface area contributed by atoms with E-state index in [2.05, 4.69) is 0 Å². The molecule has 0 N–H and O–H groups in total. The van der Waals surface area contributed by atoms with Gasteiger partial charge in [0.2, 0.25) is 0 Å². The van der Waals surface area contributed by atoms with E-state index in [1.54, 1.807) is 6.07 Å². The molecule has 59 heavy (non-hydrogen) atoms. The van der Waals surface area contributed by atoms with E-state index in [0.717, 1.165) is 33.8 Å².